The van der Waals surface area contributed by atoms with Crippen LogP contribution in [0.2, 0.25) is 0 Å². The number of benzene rings is 2. The summed E-state index contributed by atoms with van der Waals surface area (Å²) >= 11 is 1.46. The van der Waals surface area contributed by atoms with E-state index in [1.54, 1.807) is 12.1 Å². The first-order valence-corrected chi connectivity index (χ1v) is 14.8. The van der Waals surface area contributed by atoms with Gasteiger partial charge in [-0.1, -0.05) is 34.7 Å². The summed E-state index contributed by atoms with van der Waals surface area (Å²) in [7, 11) is 1.50. The van der Waals surface area contributed by atoms with Crippen LogP contribution in [0.1, 0.15) is 71.7 Å². The first-order valence-electron chi connectivity index (χ1n) is 14.0. The van der Waals surface area contributed by atoms with Gasteiger partial charge >= 0.3 is 12.1 Å². The van der Waals surface area contributed by atoms with Crippen molar-refractivity contribution in [1.82, 2.24) is 10.1 Å². The van der Waals surface area contributed by atoms with Crippen molar-refractivity contribution in [2.24, 2.45) is 0 Å². The summed E-state index contributed by atoms with van der Waals surface area (Å²) in [5.74, 6) is 0.206. The molecule has 4 aromatic rings. The van der Waals surface area contributed by atoms with E-state index in [1.165, 1.54) is 36.6 Å². The van der Waals surface area contributed by atoms with Crippen LogP contribution in [-0.2, 0) is 17.5 Å². The normalized spacial score (nSPS) is 22.2. The van der Waals surface area contributed by atoms with E-state index in [1.807, 2.05) is 0 Å². The summed E-state index contributed by atoms with van der Waals surface area (Å²) in [6, 6.07) is 8.96. The van der Waals surface area contributed by atoms with Gasteiger partial charge < -0.3 is 24.0 Å². The van der Waals surface area contributed by atoms with E-state index in [0.717, 1.165) is 54.4 Å². The maximum Gasteiger partial charge on any atom is 0.417 e. The van der Waals surface area contributed by atoms with Gasteiger partial charge in [-0.05, 0) is 56.7 Å². The highest BCUT2D eigenvalue weighted by atomic mass is 32.1. The van der Waals surface area contributed by atoms with Crippen LogP contribution in [0.25, 0.3) is 21.5 Å². The second-order valence-corrected chi connectivity index (χ2v) is 12.2. The van der Waals surface area contributed by atoms with Gasteiger partial charge in [0.15, 0.2) is 5.13 Å². The van der Waals surface area contributed by atoms with Crippen LogP contribution in [0.3, 0.4) is 0 Å². The average molecular weight is 600 g/mol. The minimum Gasteiger partial charge on any atom is -0.494 e. The predicted molar refractivity (Wildman–Crippen MR) is 149 cm³/mol. The van der Waals surface area contributed by atoms with E-state index >= 15 is 0 Å². The Kier molecular flexibility index (Phi) is 6.65. The van der Waals surface area contributed by atoms with Gasteiger partial charge in [-0.3, -0.25) is 0 Å². The van der Waals surface area contributed by atoms with E-state index in [-0.39, 0.29) is 47.5 Å². The standard InChI is InChI=1S/C30H28F3N3O5S/c1-39-23-10-16(28(37)38)11-24-26(23)34-29(42-24)36-17-8-9-18(36)13-19(12-17)40-14-21-25(35-41-27(21)15-6-7-15)20-4-2-3-5-22(20)30(31,32)33/h2-5,10-11,15,17-19H,6-9,12-14H2,1H3,(H,37,38)/t17-,18+,19?. The van der Waals surface area contributed by atoms with E-state index in [2.05, 4.69) is 10.1 Å². The van der Waals surface area contributed by atoms with Crippen molar-refractivity contribution in [3.63, 3.8) is 0 Å². The van der Waals surface area contributed by atoms with E-state index in [9.17, 15) is 23.1 Å². The minimum absolute atomic E-state index is 0.00598. The number of alkyl halides is 3. The van der Waals surface area contributed by atoms with Crippen molar-refractivity contribution in [2.75, 3.05) is 12.0 Å². The third kappa shape index (κ3) is 4.80. The Balaban J connectivity index is 1.12. The highest BCUT2D eigenvalue weighted by molar-refractivity contribution is 7.22. The van der Waals surface area contributed by atoms with Crippen molar-refractivity contribution in [3.05, 3.63) is 58.8 Å². The number of fused-ring (bicyclic) bond motifs is 3. The molecule has 2 aromatic heterocycles. The van der Waals surface area contributed by atoms with Gasteiger partial charge in [-0.25, -0.2) is 9.78 Å². The molecule has 8 nitrogen and oxygen atoms in total. The molecular weight excluding hydrogens is 571 g/mol. The number of carboxylic acid groups (broad SMARTS) is 1. The first kappa shape index (κ1) is 27.2. The number of carboxylic acids is 1. The van der Waals surface area contributed by atoms with Gasteiger partial charge in [-0.15, -0.1) is 0 Å². The van der Waals surface area contributed by atoms with Crippen LogP contribution in [-0.4, -0.2) is 46.5 Å². The molecule has 4 heterocycles. The molecule has 1 N–H and O–H groups in total. The molecule has 1 aliphatic carbocycles. The molecule has 0 spiro atoms. The van der Waals surface area contributed by atoms with Gasteiger partial charge in [0.25, 0.3) is 0 Å². The Morgan fingerprint density at radius 2 is 1.88 bits per heavy atom. The van der Waals surface area contributed by atoms with Crippen molar-refractivity contribution < 1.29 is 37.1 Å². The molecule has 2 aromatic carbocycles. The predicted octanol–water partition coefficient (Wildman–Crippen LogP) is 7.27. The molecule has 3 atom stereocenters. The Morgan fingerprint density at radius 1 is 1.14 bits per heavy atom. The van der Waals surface area contributed by atoms with Crippen molar-refractivity contribution in [1.29, 1.82) is 0 Å². The fourth-order valence-electron chi connectivity index (χ4n) is 6.43. The number of hydrogen-bond acceptors (Lipinski definition) is 8. The molecule has 1 unspecified atom stereocenters. The number of halogens is 3. The summed E-state index contributed by atoms with van der Waals surface area (Å²) in [6.45, 7) is 0.136. The van der Waals surface area contributed by atoms with Crippen molar-refractivity contribution in [2.45, 2.75) is 75.4 Å². The summed E-state index contributed by atoms with van der Waals surface area (Å²) in [5.41, 5.74) is 0.877. The molecule has 3 aliphatic rings. The van der Waals surface area contributed by atoms with Gasteiger partial charge in [0.05, 0.1) is 35.6 Å². The molecular formula is C30H28F3N3O5S. The molecule has 2 aliphatic heterocycles. The molecule has 0 amide bonds. The van der Waals surface area contributed by atoms with Crippen molar-refractivity contribution in [3.8, 4) is 17.0 Å². The highest BCUT2D eigenvalue weighted by Gasteiger charge is 2.43. The zero-order chi connectivity index (χ0) is 29.2. The number of thiazole rings is 1. The number of methoxy groups -OCH3 is 1. The molecule has 2 saturated heterocycles. The van der Waals surface area contributed by atoms with Gasteiger partial charge in [-0.2, -0.15) is 13.2 Å². The van der Waals surface area contributed by atoms with Crippen LogP contribution in [0.5, 0.6) is 5.75 Å². The highest BCUT2D eigenvalue weighted by Crippen LogP contribution is 2.47. The molecule has 3 fully saturated rings. The third-order valence-corrected chi connectivity index (χ3v) is 9.56. The SMILES string of the molecule is COc1cc(C(=O)O)cc2sc(N3[C@@H]4CC[C@H]3CC(OCc3c(-c5ccccc5C(F)(F)F)noc3C3CC3)C4)nc12. The van der Waals surface area contributed by atoms with Gasteiger partial charge in [0, 0.05) is 29.1 Å². The minimum atomic E-state index is -4.51. The summed E-state index contributed by atoms with van der Waals surface area (Å²) < 4.78 is 59.7. The van der Waals surface area contributed by atoms with Gasteiger partial charge in [0.1, 0.15) is 22.7 Å². The van der Waals surface area contributed by atoms with E-state index < -0.39 is 17.7 Å². The lowest BCUT2D eigenvalue weighted by atomic mass is 9.98. The number of hydrogen-bond donors (Lipinski definition) is 1. The largest absolute Gasteiger partial charge is 0.494 e. The zero-order valence-electron chi connectivity index (χ0n) is 22.7. The molecule has 12 heteroatoms. The lowest BCUT2D eigenvalue weighted by Crippen LogP contribution is -2.45. The lowest BCUT2D eigenvalue weighted by Gasteiger charge is -2.38. The molecule has 2 bridgehead atoms. The number of aromatic nitrogens is 2. The fraction of sp³-hybridized carbons (Fsp3) is 0.433. The van der Waals surface area contributed by atoms with Crippen LogP contribution in [0.15, 0.2) is 40.9 Å². The Morgan fingerprint density at radius 3 is 2.55 bits per heavy atom. The molecule has 1 saturated carbocycles. The molecule has 42 heavy (non-hydrogen) atoms. The number of piperidine rings is 1. The lowest BCUT2D eigenvalue weighted by molar-refractivity contribution is -0.137. The molecule has 220 valence electrons. The monoisotopic (exact) mass is 599 g/mol. The quantitative estimate of drug-likeness (QED) is 0.226. The summed E-state index contributed by atoms with van der Waals surface area (Å²) in [5, 5.41) is 14.4. The maximum atomic E-state index is 13.8. The number of carbonyl (C=O) groups is 1. The third-order valence-electron chi connectivity index (χ3n) is 8.54. The van der Waals surface area contributed by atoms with E-state index in [0.29, 0.717) is 22.6 Å². The summed E-state index contributed by atoms with van der Waals surface area (Å²) in [4.78, 5) is 18.8. The smallest absolute Gasteiger partial charge is 0.417 e. The second kappa shape index (κ2) is 10.3. The molecule has 7 rings (SSSR count). The number of anilines is 1. The van der Waals surface area contributed by atoms with Crippen LogP contribution < -0.4 is 9.64 Å². The first-order chi connectivity index (χ1) is 20.2. The number of aromatic carboxylic acids is 1. The topological polar surface area (TPSA) is 97.9 Å². The van der Waals surface area contributed by atoms with Gasteiger partial charge in [0.2, 0.25) is 0 Å². The number of rotatable bonds is 8. The summed E-state index contributed by atoms with van der Waals surface area (Å²) in [6.07, 6.45) is 0.710. The fourth-order valence-corrected chi connectivity index (χ4v) is 7.60. The average Bonchev–Trinajstić information content (AvgIpc) is 3.48. The van der Waals surface area contributed by atoms with Crippen molar-refractivity contribution >= 4 is 32.7 Å². The van der Waals surface area contributed by atoms with Crippen LogP contribution in [0, 0.1) is 0 Å². The Labute approximate surface area is 243 Å². The zero-order valence-corrected chi connectivity index (χ0v) is 23.5. The number of nitrogens with zero attached hydrogens (tertiary/aromatic N) is 3. The Bertz CT molecular complexity index is 1650. The maximum absolute atomic E-state index is 13.8. The van der Waals surface area contributed by atoms with Crippen LogP contribution >= 0.6 is 11.3 Å². The number of ether oxygens (including phenoxy) is 2. The van der Waals surface area contributed by atoms with Crippen LogP contribution in [0.4, 0.5) is 18.3 Å². The molecule has 0 radical (unpaired) electrons. The Hall–Kier alpha value is -3.64. The second-order valence-electron chi connectivity index (χ2n) is 11.2. The van der Waals surface area contributed by atoms with E-state index in [4.69, 9.17) is 19.0 Å².